The Morgan fingerprint density at radius 2 is 1.33 bits per heavy atom. The summed E-state index contributed by atoms with van der Waals surface area (Å²) >= 11 is 0. The number of rotatable bonds is 4. The molecule has 0 amide bonds. The molecule has 2 N–H and O–H groups in total. The molecule has 1 aromatic rings. The van der Waals surface area contributed by atoms with Crippen molar-refractivity contribution in [3.05, 3.63) is 50.1 Å². The molecule has 4 aliphatic heterocycles. The number of nitro groups is 2. The largest absolute Gasteiger partial charge is 0.378 e. The van der Waals surface area contributed by atoms with Crippen molar-refractivity contribution in [2.24, 2.45) is 5.41 Å². The van der Waals surface area contributed by atoms with E-state index >= 15 is 0 Å². The van der Waals surface area contributed by atoms with Crippen LogP contribution in [0.1, 0.15) is 25.6 Å². The molecule has 4 saturated heterocycles. The summed E-state index contributed by atoms with van der Waals surface area (Å²) in [6.07, 6.45) is 0.0125. The number of quaternary nitrogens is 2. The molecule has 4 bridgehead atoms. The van der Waals surface area contributed by atoms with Gasteiger partial charge in [0, 0.05) is 29.6 Å². The number of anilines is 1. The lowest BCUT2D eigenvalue weighted by Gasteiger charge is -2.60. The molecule has 0 aromatic heterocycles. The summed E-state index contributed by atoms with van der Waals surface area (Å²) in [6, 6.07) is 8.20. The molecule has 0 aliphatic carbocycles. The average molecular weight is 377 g/mol. The van der Waals surface area contributed by atoms with Gasteiger partial charge in [-0.3, -0.25) is 30.0 Å². The molecule has 0 radical (unpaired) electrons. The summed E-state index contributed by atoms with van der Waals surface area (Å²) < 4.78 is 0. The molecular weight excluding hydrogens is 350 g/mol. The maximum atomic E-state index is 12.1. The Balaban J connectivity index is 1.77. The number of piperidine rings is 2. The smallest absolute Gasteiger partial charge is 0.329 e. The van der Waals surface area contributed by atoms with Crippen molar-refractivity contribution in [1.29, 1.82) is 0 Å². The van der Waals surface area contributed by atoms with Gasteiger partial charge in [0.1, 0.15) is 5.41 Å². The van der Waals surface area contributed by atoms with Crippen LogP contribution < -0.4 is 14.7 Å². The Labute approximate surface area is 157 Å². The van der Waals surface area contributed by atoms with Crippen molar-refractivity contribution in [1.82, 2.24) is 0 Å². The van der Waals surface area contributed by atoms with E-state index < -0.39 is 16.5 Å². The third-order valence-electron chi connectivity index (χ3n) is 7.66. The molecule has 4 heterocycles. The van der Waals surface area contributed by atoms with E-state index in [-0.39, 0.29) is 16.0 Å². The molecule has 1 aromatic carbocycles. The highest BCUT2D eigenvalue weighted by molar-refractivity contribution is 5.46. The number of nitrogens with one attached hydrogen (secondary N) is 2. The lowest BCUT2D eigenvalue weighted by Crippen LogP contribution is -3.43. The van der Waals surface area contributed by atoms with Crippen molar-refractivity contribution in [2.75, 3.05) is 45.2 Å². The fraction of sp³-hybridized carbons (Fsp3) is 0.667. The lowest BCUT2D eigenvalue weighted by molar-refractivity contribution is -1.20. The molecular formula is C18H27N5O4+2. The van der Waals surface area contributed by atoms with E-state index in [4.69, 9.17) is 0 Å². The first-order valence-electron chi connectivity index (χ1n) is 9.31. The van der Waals surface area contributed by atoms with Crippen molar-refractivity contribution in [2.45, 2.75) is 31.1 Å². The minimum Gasteiger partial charge on any atom is -0.378 e. The van der Waals surface area contributed by atoms with E-state index in [1.807, 2.05) is 31.1 Å². The van der Waals surface area contributed by atoms with Gasteiger partial charge < -0.3 is 4.90 Å². The van der Waals surface area contributed by atoms with E-state index in [1.165, 1.54) is 0 Å². The summed E-state index contributed by atoms with van der Waals surface area (Å²) in [5.74, 6) is 0. The summed E-state index contributed by atoms with van der Waals surface area (Å²) in [5, 5.41) is 24.3. The highest BCUT2D eigenvalue weighted by atomic mass is 16.6. The molecule has 146 valence electrons. The fourth-order valence-corrected chi connectivity index (χ4v) is 5.92. The zero-order valence-corrected chi connectivity index (χ0v) is 16.2. The molecule has 0 atom stereocenters. The van der Waals surface area contributed by atoms with Gasteiger partial charge in [-0.1, -0.05) is 0 Å². The molecule has 4 fully saturated rings. The Hall–Kier alpha value is -2.26. The number of hydrogen-bond donors (Lipinski definition) is 2. The van der Waals surface area contributed by atoms with E-state index in [9.17, 15) is 20.2 Å². The Kier molecular flexibility index (Phi) is 3.61. The molecule has 27 heavy (non-hydrogen) atoms. The second kappa shape index (κ2) is 5.39. The van der Waals surface area contributed by atoms with Gasteiger partial charge in [0.05, 0.1) is 5.56 Å². The van der Waals surface area contributed by atoms with Gasteiger partial charge in [-0.2, -0.15) is 0 Å². The van der Waals surface area contributed by atoms with Crippen molar-refractivity contribution in [3.63, 3.8) is 0 Å². The average Bonchev–Trinajstić information content (AvgIpc) is 2.58. The second-order valence-corrected chi connectivity index (χ2v) is 9.14. The van der Waals surface area contributed by atoms with Crippen LogP contribution in [0.5, 0.6) is 0 Å². The summed E-state index contributed by atoms with van der Waals surface area (Å²) in [4.78, 5) is 27.8. The van der Waals surface area contributed by atoms with Crippen LogP contribution in [0.4, 0.5) is 5.69 Å². The Morgan fingerprint density at radius 1 is 0.926 bits per heavy atom. The van der Waals surface area contributed by atoms with Gasteiger partial charge in [-0.15, -0.1) is 0 Å². The molecule has 4 aliphatic rings. The van der Waals surface area contributed by atoms with Gasteiger partial charge in [0.25, 0.3) is 0 Å². The monoisotopic (exact) mass is 377 g/mol. The summed E-state index contributed by atoms with van der Waals surface area (Å²) in [6.45, 7) is 4.83. The molecule has 0 unspecified atom stereocenters. The number of hydrogen-bond acceptors (Lipinski definition) is 5. The van der Waals surface area contributed by atoms with Crippen molar-refractivity contribution in [3.8, 4) is 0 Å². The first-order valence-corrected chi connectivity index (χ1v) is 9.31. The lowest BCUT2D eigenvalue weighted by atomic mass is 9.53. The van der Waals surface area contributed by atoms with Gasteiger partial charge in [-0.25, -0.2) is 0 Å². The van der Waals surface area contributed by atoms with E-state index in [1.54, 1.807) is 13.8 Å². The van der Waals surface area contributed by atoms with E-state index in [0.29, 0.717) is 26.2 Å². The van der Waals surface area contributed by atoms with Gasteiger partial charge >= 0.3 is 11.1 Å². The van der Waals surface area contributed by atoms with Crippen molar-refractivity contribution >= 4 is 5.69 Å². The summed E-state index contributed by atoms with van der Waals surface area (Å²) in [5.41, 5.74) is -1.33. The topological polar surface area (TPSA) is 98.4 Å². The maximum Gasteiger partial charge on any atom is 0.329 e. The van der Waals surface area contributed by atoms with Crippen LogP contribution in [0.2, 0.25) is 0 Å². The minimum atomic E-state index is -1.26. The molecule has 9 heteroatoms. The molecule has 0 spiro atoms. The van der Waals surface area contributed by atoms with Crippen LogP contribution in [-0.2, 0) is 0 Å². The molecule has 9 nitrogen and oxygen atoms in total. The Morgan fingerprint density at radius 3 is 1.67 bits per heavy atom. The Bertz CT molecular complexity index is 754. The first-order chi connectivity index (χ1) is 12.6. The van der Waals surface area contributed by atoms with Crippen LogP contribution in [0, 0.1) is 25.6 Å². The van der Waals surface area contributed by atoms with Gasteiger partial charge in [-0.05, 0) is 38.1 Å². The van der Waals surface area contributed by atoms with Crippen LogP contribution in [-0.4, -0.2) is 61.2 Å². The first kappa shape index (κ1) is 18.1. The fourth-order valence-electron chi connectivity index (χ4n) is 5.92. The standard InChI is InChI=1S/C18H25N5O4/c1-16(2)17(22(24)25)9-20-11-18(16,23(26)27)12-21(10-17)15(20)13-5-7-14(8-6-13)19(3)4/h5-8,15H,9-12H2,1-4H3/p+2. The van der Waals surface area contributed by atoms with E-state index in [2.05, 4.69) is 12.1 Å². The van der Waals surface area contributed by atoms with Crippen molar-refractivity contribution < 1.29 is 19.6 Å². The van der Waals surface area contributed by atoms with Crippen LogP contribution in [0.3, 0.4) is 0 Å². The predicted molar refractivity (Wildman–Crippen MR) is 98.1 cm³/mol. The molecule has 5 rings (SSSR count). The number of nitrogens with zero attached hydrogens (tertiary/aromatic N) is 3. The second-order valence-electron chi connectivity index (χ2n) is 9.14. The van der Waals surface area contributed by atoms with Crippen LogP contribution in [0.15, 0.2) is 24.3 Å². The van der Waals surface area contributed by atoms with Gasteiger partial charge in [0.2, 0.25) is 6.17 Å². The van der Waals surface area contributed by atoms with Crippen LogP contribution in [0.25, 0.3) is 0 Å². The number of benzene rings is 1. The highest BCUT2D eigenvalue weighted by Gasteiger charge is 2.87. The third-order valence-corrected chi connectivity index (χ3v) is 7.66. The van der Waals surface area contributed by atoms with E-state index in [0.717, 1.165) is 21.1 Å². The van der Waals surface area contributed by atoms with Gasteiger partial charge in [0.15, 0.2) is 26.2 Å². The minimum absolute atomic E-state index is 0.0125. The zero-order chi connectivity index (χ0) is 19.8. The zero-order valence-electron chi connectivity index (χ0n) is 16.2. The predicted octanol–water partition coefficient (Wildman–Crippen LogP) is -1.38. The van der Waals surface area contributed by atoms with Crippen LogP contribution >= 0.6 is 0 Å². The normalized spacial score (nSPS) is 38.6. The maximum absolute atomic E-state index is 12.1. The highest BCUT2D eigenvalue weighted by Crippen LogP contribution is 2.48. The summed E-state index contributed by atoms with van der Waals surface area (Å²) in [7, 11) is 3.95. The molecule has 0 saturated carbocycles. The SMILES string of the molecule is CN(C)c1ccc(C2[NH+]3CC4([N+](=O)[O-])C[NH+]2CC([N+](=O)[O-])(C3)C4(C)C)cc1. The third kappa shape index (κ3) is 2.06. The quantitative estimate of drug-likeness (QED) is 0.498.